The molecule has 2 aliphatic rings. The summed E-state index contributed by atoms with van der Waals surface area (Å²) in [5.41, 5.74) is 2.75. The highest BCUT2D eigenvalue weighted by molar-refractivity contribution is 5.41. The van der Waals surface area contributed by atoms with Crippen LogP contribution >= 0.6 is 0 Å². The summed E-state index contributed by atoms with van der Waals surface area (Å²) in [7, 11) is 0. The predicted octanol–water partition coefficient (Wildman–Crippen LogP) is 4.29. The molecule has 1 unspecified atom stereocenters. The van der Waals surface area contributed by atoms with Crippen molar-refractivity contribution in [1.82, 2.24) is 0 Å². The summed E-state index contributed by atoms with van der Waals surface area (Å²) in [6.45, 7) is 7.89. The second-order valence-electron chi connectivity index (χ2n) is 6.83. The highest BCUT2D eigenvalue weighted by atomic mass is 16.6. The van der Waals surface area contributed by atoms with Crippen LogP contribution in [0.1, 0.15) is 45.6 Å². The van der Waals surface area contributed by atoms with Crippen LogP contribution in [0.2, 0.25) is 0 Å². The maximum absolute atomic E-state index is 5.82. The van der Waals surface area contributed by atoms with E-state index < -0.39 is 0 Å². The highest BCUT2D eigenvalue weighted by Crippen LogP contribution is 2.38. The lowest BCUT2D eigenvalue weighted by atomic mass is 10.0. The zero-order valence-electron chi connectivity index (χ0n) is 13.9. The number of ether oxygens (including phenoxy) is 3. The molecule has 0 spiro atoms. The van der Waals surface area contributed by atoms with Crippen LogP contribution in [0, 0.1) is 0 Å². The number of hydrogen-bond acceptors (Lipinski definition) is 3. The van der Waals surface area contributed by atoms with Crippen molar-refractivity contribution < 1.29 is 14.2 Å². The van der Waals surface area contributed by atoms with Crippen molar-refractivity contribution in [2.75, 3.05) is 13.2 Å². The summed E-state index contributed by atoms with van der Waals surface area (Å²) < 4.78 is 17.1. The fraction of sp³-hybridized carbons (Fsp3) is 0.579. The SMILES string of the molecule is CC(=CCOc1ccc2c(c1)OCCC2)CCC1OC1(C)C. The topological polar surface area (TPSA) is 31.0 Å². The zero-order valence-corrected chi connectivity index (χ0v) is 13.9. The molecule has 0 N–H and O–H groups in total. The average Bonchev–Trinajstić information content (AvgIpc) is 3.12. The molecule has 1 atom stereocenters. The number of epoxide rings is 1. The van der Waals surface area contributed by atoms with Gasteiger partial charge in [0.2, 0.25) is 0 Å². The molecule has 0 aliphatic carbocycles. The Balaban J connectivity index is 1.45. The van der Waals surface area contributed by atoms with Crippen LogP contribution < -0.4 is 9.47 Å². The van der Waals surface area contributed by atoms with Gasteiger partial charge in [-0.05, 0) is 64.2 Å². The van der Waals surface area contributed by atoms with Crippen LogP contribution in [-0.4, -0.2) is 24.9 Å². The molecule has 1 saturated heterocycles. The molecule has 1 aromatic carbocycles. The first-order valence-electron chi connectivity index (χ1n) is 8.26. The van der Waals surface area contributed by atoms with Crippen LogP contribution in [-0.2, 0) is 11.2 Å². The Hall–Kier alpha value is -1.48. The van der Waals surface area contributed by atoms with E-state index in [0.717, 1.165) is 43.8 Å². The Morgan fingerprint density at radius 1 is 1.41 bits per heavy atom. The van der Waals surface area contributed by atoms with Crippen molar-refractivity contribution in [2.45, 2.75) is 58.2 Å². The molecule has 0 bridgehead atoms. The van der Waals surface area contributed by atoms with E-state index in [1.165, 1.54) is 11.1 Å². The van der Waals surface area contributed by atoms with Gasteiger partial charge in [0.05, 0.1) is 18.3 Å². The monoisotopic (exact) mass is 302 g/mol. The summed E-state index contributed by atoms with van der Waals surface area (Å²) >= 11 is 0. The maximum atomic E-state index is 5.82. The molecule has 0 amide bonds. The molecule has 1 fully saturated rings. The van der Waals surface area contributed by atoms with Crippen molar-refractivity contribution in [3.8, 4) is 11.5 Å². The average molecular weight is 302 g/mol. The Morgan fingerprint density at radius 3 is 3.00 bits per heavy atom. The second-order valence-corrected chi connectivity index (χ2v) is 6.83. The molecular weight excluding hydrogens is 276 g/mol. The van der Waals surface area contributed by atoms with Gasteiger partial charge < -0.3 is 14.2 Å². The molecular formula is C19H26O3. The van der Waals surface area contributed by atoms with Gasteiger partial charge in [0, 0.05) is 6.07 Å². The number of allylic oxidation sites excluding steroid dienone is 1. The van der Waals surface area contributed by atoms with E-state index in [2.05, 4.69) is 32.9 Å². The van der Waals surface area contributed by atoms with E-state index in [1.807, 2.05) is 12.1 Å². The molecule has 0 saturated carbocycles. The normalized spacial score (nSPS) is 22.7. The maximum Gasteiger partial charge on any atom is 0.126 e. The first-order chi connectivity index (χ1) is 10.5. The molecule has 0 radical (unpaired) electrons. The largest absolute Gasteiger partial charge is 0.493 e. The minimum atomic E-state index is 0.0971. The minimum absolute atomic E-state index is 0.0971. The highest BCUT2D eigenvalue weighted by Gasteiger charge is 2.46. The number of benzene rings is 1. The van der Waals surface area contributed by atoms with E-state index in [0.29, 0.717) is 12.7 Å². The first kappa shape index (κ1) is 15.4. The smallest absolute Gasteiger partial charge is 0.126 e. The fourth-order valence-electron chi connectivity index (χ4n) is 2.89. The molecule has 3 nitrogen and oxygen atoms in total. The lowest BCUT2D eigenvalue weighted by molar-refractivity contribution is 0.284. The number of hydrogen-bond donors (Lipinski definition) is 0. The van der Waals surface area contributed by atoms with Crippen molar-refractivity contribution >= 4 is 0 Å². The van der Waals surface area contributed by atoms with Crippen molar-refractivity contribution in [2.24, 2.45) is 0 Å². The molecule has 0 aromatic heterocycles. The number of fused-ring (bicyclic) bond motifs is 1. The van der Waals surface area contributed by atoms with Gasteiger partial charge in [-0.2, -0.15) is 0 Å². The van der Waals surface area contributed by atoms with Crippen molar-refractivity contribution in [1.29, 1.82) is 0 Å². The van der Waals surface area contributed by atoms with E-state index in [-0.39, 0.29) is 5.60 Å². The zero-order chi connectivity index (χ0) is 15.6. The lowest BCUT2D eigenvalue weighted by Gasteiger charge is -2.17. The van der Waals surface area contributed by atoms with Gasteiger partial charge in [-0.25, -0.2) is 0 Å². The van der Waals surface area contributed by atoms with Crippen LogP contribution in [0.5, 0.6) is 11.5 Å². The molecule has 1 aromatic rings. The van der Waals surface area contributed by atoms with Crippen LogP contribution in [0.15, 0.2) is 29.8 Å². The quantitative estimate of drug-likeness (QED) is 0.580. The van der Waals surface area contributed by atoms with Gasteiger partial charge in [0.1, 0.15) is 18.1 Å². The van der Waals surface area contributed by atoms with Gasteiger partial charge in [-0.15, -0.1) is 0 Å². The van der Waals surface area contributed by atoms with E-state index in [4.69, 9.17) is 14.2 Å². The minimum Gasteiger partial charge on any atom is -0.493 e. The summed E-state index contributed by atoms with van der Waals surface area (Å²) in [4.78, 5) is 0. The Kier molecular flexibility index (Phi) is 4.44. The van der Waals surface area contributed by atoms with E-state index >= 15 is 0 Å². The third kappa shape index (κ3) is 3.83. The van der Waals surface area contributed by atoms with Crippen LogP contribution in [0.3, 0.4) is 0 Å². The predicted molar refractivity (Wildman–Crippen MR) is 87.7 cm³/mol. The van der Waals surface area contributed by atoms with Crippen LogP contribution in [0.25, 0.3) is 0 Å². The summed E-state index contributed by atoms with van der Waals surface area (Å²) in [6.07, 6.45) is 6.97. The molecule has 3 rings (SSSR count). The van der Waals surface area contributed by atoms with E-state index in [1.54, 1.807) is 0 Å². The third-order valence-corrected chi connectivity index (χ3v) is 4.53. The van der Waals surface area contributed by atoms with Gasteiger partial charge in [0.25, 0.3) is 0 Å². The second kappa shape index (κ2) is 6.33. The Bertz CT molecular complexity index is 560. The van der Waals surface area contributed by atoms with E-state index in [9.17, 15) is 0 Å². The summed E-state index contributed by atoms with van der Waals surface area (Å²) in [6, 6.07) is 6.17. The lowest BCUT2D eigenvalue weighted by Crippen LogP contribution is -2.08. The number of rotatable bonds is 6. The van der Waals surface area contributed by atoms with Gasteiger partial charge in [0.15, 0.2) is 0 Å². The van der Waals surface area contributed by atoms with Crippen molar-refractivity contribution in [3.63, 3.8) is 0 Å². The third-order valence-electron chi connectivity index (χ3n) is 4.53. The molecule has 3 heteroatoms. The fourth-order valence-corrected chi connectivity index (χ4v) is 2.89. The standard InChI is InChI=1S/C19H26O3/c1-14(6-9-18-19(2,3)22-18)10-12-20-16-8-7-15-5-4-11-21-17(15)13-16/h7-8,10,13,18H,4-6,9,11-12H2,1-3H3. The Morgan fingerprint density at radius 2 is 2.23 bits per heavy atom. The molecule has 120 valence electrons. The van der Waals surface area contributed by atoms with Gasteiger partial charge in [-0.1, -0.05) is 11.6 Å². The number of aryl methyl sites for hydroxylation is 1. The summed E-state index contributed by atoms with van der Waals surface area (Å²) in [5.74, 6) is 1.87. The molecule has 2 aliphatic heterocycles. The van der Waals surface area contributed by atoms with Crippen molar-refractivity contribution in [3.05, 3.63) is 35.4 Å². The van der Waals surface area contributed by atoms with Crippen LogP contribution in [0.4, 0.5) is 0 Å². The first-order valence-corrected chi connectivity index (χ1v) is 8.26. The Labute approximate surface area is 133 Å². The van der Waals surface area contributed by atoms with Gasteiger partial charge >= 0.3 is 0 Å². The van der Waals surface area contributed by atoms with Gasteiger partial charge in [-0.3, -0.25) is 0 Å². The molecule has 22 heavy (non-hydrogen) atoms. The molecule has 2 heterocycles. The summed E-state index contributed by atoms with van der Waals surface area (Å²) in [5, 5.41) is 0.